The van der Waals surface area contributed by atoms with Gasteiger partial charge < -0.3 is 5.11 Å². The van der Waals surface area contributed by atoms with E-state index in [1.807, 2.05) is 0 Å². The van der Waals surface area contributed by atoms with Crippen molar-refractivity contribution >= 4 is 0 Å². The van der Waals surface area contributed by atoms with Crippen LogP contribution < -0.4 is 0 Å². The highest BCUT2D eigenvalue weighted by molar-refractivity contribution is 5.10. The molecular formula is C27H48O. The number of hydrogen-bond donors (Lipinski definition) is 1. The van der Waals surface area contributed by atoms with Gasteiger partial charge in [-0.15, -0.1) is 0 Å². The van der Waals surface area contributed by atoms with Crippen LogP contribution in [0.15, 0.2) is 0 Å². The van der Waals surface area contributed by atoms with E-state index >= 15 is 0 Å². The van der Waals surface area contributed by atoms with Gasteiger partial charge in [0.1, 0.15) is 0 Å². The molecule has 162 valence electrons. The summed E-state index contributed by atoms with van der Waals surface area (Å²) in [7, 11) is 0. The second-order valence-corrected chi connectivity index (χ2v) is 11.6. The predicted molar refractivity (Wildman–Crippen MR) is 119 cm³/mol. The van der Waals surface area contributed by atoms with Gasteiger partial charge in [-0.2, -0.15) is 0 Å². The van der Waals surface area contributed by atoms with Crippen molar-refractivity contribution in [1.82, 2.24) is 0 Å². The maximum atomic E-state index is 11.2. The third-order valence-electron chi connectivity index (χ3n) is 10.4. The van der Waals surface area contributed by atoms with Gasteiger partial charge in [-0.25, -0.2) is 0 Å². The summed E-state index contributed by atoms with van der Waals surface area (Å²) in [4.78, 5) is 0. The van der Waals surface area contributed by atoms with Gasteiger partial charge in [0.2, 0.25) is 0 Å². The molecule has 0 amide bonds. The summed E-state index contributed by atoms with van der Waals surface area (Å²) in [5.74, 6) is 0.971. The van der Waals surface area contributed by atoms with Crippen LogP contribution in [0.3, 0.4) is 0 Å². The number of aliphatic hydroxyl groups is 1. The van der Waals surface area contributed by atoms with Crippen LogP contribution in [0.4, 0.5) is 0 Å². The van der Waals surface area contributed by atoms with Crippen LogP contribution in [-0.4, -0.2) is 11.2 Å². The lowest BCUT2D eigenvalue weighted by molar-refractivity contribution is -0.159. The molecule has 0 heterocycles. The SMILES string of the molecule is [2H]C([2H])([2H])C([2H])(CCC[C@@H](C)[C@H]1CC[C@H]2[C@@H]3C[C@H](O)[C@H]4CCCC[C@]4(C)[C@H]3CC[C@]12C)C([2H])([2H])[2H]. The van der Waals surface area contributed by atoms with Crippen molar-refractivity contribution in [3.05, 3.63) is 0 Å². The first kappa shape index (κ1) is 14.1. The molecule has 0 aromatic carbocycles. The average Bonchev–Trinajstić information content (AvgIpc) is 3.09. The van der Waals surface area contributed by atoms with E-state index in [-0.39, 0.29) is 23.4 Å². The fourth-order valence-electron chi connectivity index (χ4n) is 9.13. The maximum Gasteiger partial charge on any atom is 0.0576 e. The minimum Gasteiger partial charge on any atom is -0.393 e. The third kappa shape index (κ3) is 3.40. The van der Waals surface area contributed by atoms with E-state index in [0.717, 1.165) is 18.8 Å². The van der Waals surface area contributed by atoms with Gasteiger partial charge in [-0.1, -0.05) is 66.6 Å². The Kier molecular flexibility index (Phi) is 3.98. The summed E-state index contributed by atoms with van der Waals surface area (Å²) in [6.07, 6.45) is 11.8. The Bertz CT molecular complexity index is 750. The molecule has 9 atom stereocenters. The topological polar surface area (TPSA) is 20.2 Å². The van der Waals surface area contributed by atoms with E-state index in [4.69, 9.17) is 9.60 Å². The number of aliphatic hydroxyl groups excluding tert-OH is 1. The highest BCUT2D eigenvalue weighted by Gasteiger charge is 2.61. The lowest BCUT2D eigenvalue weighted by Crippen LogP contribution is -2.57. The first-order chi connectivity index (χ1) is 16.1. The van der Waals surface area contributed by atoms with Crippen molar-refractivity contribution in [2.24, 2.45) is 52.2 Å². The Morgan fingerprint density at radius 3 is 2.54 bits per heavy atom. The largest absolute Gasteiger partial charge is 0.393 e. The molecule has 4 rings (SSSR count). The van der Waals surface area contributed by atoms with Crippen molar-refractivity contribution in [1.29, 1.82) is 0 Å². The van der Waals surface area contributed by atoms with E-state index in [9.17, 15) is 5.11 Å². The van der Waals surface area contributed by atoms with Crippen molar-refractivity contribution < 1.29 is 14.7 Å². The molecule has 28 heavy (non-hydrogen) atoms. The highest BCUT2D eigenvalue weighted by Crippen LogP contribution is 2.68. The Morgan fingerprint density at radius 2 is 1.75 bits per heavy atom. The first-order valence-electron chi connectivity index (χ1n) is 15.7. The van der Waals surface area contributed by atoms with Crippen LogP contribution in [0, 0.1) is 52.2 Å². The van der Waals surface area contributed by atoms with Crippen molar-refractivity contribution in [3.8, 4) is 0 Å². The summed E-state index contributed by atoms with van der Waals surface area (Å²) in [5.41, 5.74) is 0.526. The van der Waals surface area contributed by atoms with Gasteiger partial charge in [0.05, 0.1) is 6.10 Å². The summed E-state index contributed by atoms with van der Waals surface area (Å²) in [5, 5.41) is 11.2. The van der Waals surface area contributed by atoms with Gasteiger partial charge in [0.25, 0.3) is 0 Å². The molecule has 4 saturated carbocycles. The molecule has 0 aromatic heterocycles. The molecule has 0 saturated heterocycles. The van der Waals surface area contributed by atoms with Crippen LogP contribution in [0.2, 0.25) is 0 Å². The van der Waals surface area contributed by atoms with Crippen LogP contribution in [0.25, 0.3) is 0 Å². The second-order valence-electron chi connectivity index (χ2n) is 11.6. The fourth-order valence-corrected chi connectivity index (χ4v) is 9.13. The van der Waals surface area contributed by atoms with Gasteiger partial charge in [0, 0.05) is 9.60 Å². The molecule has 1 nitrogen and oxygen atoms in total. The smallest absolute Gasteiger partial charge is 0.0576 e. The van der Waals surface area contributed by atoms with Gasteiger partial charge in [0.15, 0.2) is 0 Å². The summed E-state index contributed by atoms with van der Waals surface area (Å²) in [6, 6.07) is 0. The molecule has 0 spiro atoms. The van der Waals surface area contributed by atoms with Crippen molar-refractivity contribution in [2.45, 2.75) is 118 Å². The minimum atomic E-state index is -2.82. The molecule has 4 aliphatic rings. The zero-order valence-electron chi connectivity index (χ0n) is 25.5. The van der Waals surface area contributed by atoms with Crippen LogP contribution in [0.5, 0.6) is 0 Å². The molecule has 0 bridgehead atoms. The summed E-state index contributed by atoms with van der Waals surface area (Å²) < 4.78 is 54.5. The van der Waals surface area contributed by atoms with E-state index in [2.05, 4.69) is 20.8 Å². The van der Waals surface area contributed by atoms with E-state index in [1.165, 1.54) is 51.4 Å². The molecule has 4 aliphatic carbocycles. The van der Waals surface area contributed by atoms with E-state index in [1.54, 1.807) is 0 Å². The molecule has 1 N–H and O–H groups in total. The van der Waals surface area contributed by atoms with Crippen LogP contribution in [0.1, 0.15) is 121 Å². The predicted octanol–water partition coefficient (Wildman–Crippen LogP) is 7.47. The highest BCUT2D eigenvalue weighted by atomic mass is 16.3. The Labute approximate surface area is 185 Å². The zero-order chi connectivity index (χ0) is 26.0. The van der Waals surface area contributed by atoms with Gasteiger partial charge >= 0.3 is 0 Å². The van der Waals surface area contributed by atoms with E-state index < -0.39 is 19.6 Å². The Morgan fingerprint density at radius 1 is 0.964 bits per heavy atom. The lowest BCUT2D eigenvalue weighted by atomic mass is 9.44. The maximum absolute atomic E-state index is 11.2. The fraction of sp³-hybridized carbons (Fsp3) is 1.00. The second kappa shape index (κ2) is 7.90. The van der Waals surface area contributed by atoms with Crippen LogP contribution in [-0.2, 0) is 0 Å². The Hall–Kier alpha value is -0.0400. The summed E-state index contributed by atoms with van der Waals surface area (Å²) >= 11 is 0. The molecule has 4 fully saturated rings. The molecule has 0 radical (unpaired) electrons. The number of hydrogen-bond acceptors (Lipinski definition) is 1. The van der Waals surface area contributed by atoms with Gasteiger partial charge in [-0.3, -0.25) is 0 Å². The summed E-state index contributed by atoms with van der Waals surface area (Å²) in [6.45, 7) is 1.58. The molecule has 0 aromatic rings. The third-order valence-corrected chi connectivity index (χ3v) is 10.4. The number of rotatable bonds is 5. The van der Waals surface area contributed by atoms with Gasteiger partial charge in [-0.05, 0) is 97.2 Å². The molecule has 0 aliphatic heterocycles. The standard InChI is InChI=1S/C27H48O/c1-18(2)9-8-10-19(3)21-12-13-22-20-17-25(28)24-11-6-7-15-26(24,4)23(20)14-16-27(21,22)5/h18-25,28H,6-17H2,1-5H3/t19-,20+,21-,22+,23+,24-,25+,26-,27-/m1/s1/i1D3,2D3,18D. The normalized spacial score (nSPS) is 54.4. The monoisotopic (exact) mass is 395 g/mol. The quantitative estimate of drug-likeness (QED) is 0.512. The zero-order valence-corrected chi connectivity index (χ0v) is 18.5. The Balaban J connectivity index is 1.44. The molecular weight excluding hydrogens is 340 g/mol. The van der Waals surface area contributed by atoms with Crippen molar-refractivity contribution in [3.63, 3.8) is 0 Å². The average molecular weight is 396 g/mol. The minimum absolute atomic E-state index is 0.117. The van der Waals surface area contributed by atoms with E-state index in [0.29, 0.717) is 36.0 Å². The van der Waals surface area contributed by atoms with Crippen LogP contribution >= 0.6 is 0 Å². The molecule has 0 unspecified atom stereocenters. The molecule has 1 heteroatoms. The van der Waals surface area contributed by atoms with Crippen molar-refractivity contribution in [2.75, 3.05) is 0 Å². The first-order valence-corrected chi connectivity index (χ1v) is 12.2. The lowest BCUT2D eigenvalue weighted by Gasteiger charge is -2.62. The number of fused-ring (bicyclic) bond motifs is 5.